The molecule has 2 N–H and O–H groups in total. The number of likely N-dealkylation sites (tertiary alicyclic amines) is 1. The van der Waals surface area contributed by atoms with E-state index in [1.807, 2.05) is 12.3 Å². The van der Waals surface area contributed by atoms with Gasteiger partial charge in [0.15, 0.2) is 0 Å². The number of aromatic nitrogens is 3. The van der Waals surface area contributed by atoms with Crippen LogP contribution in [-0.2, 0) is 29.8 Å². The molecule has 0 bridgehead atoms. The van der Waals surface area contributed by atoms with Gasteiger partial charge in [0.05, 0.1) is 30.0 Å². The molecular formula is C22H31ClN4O3. The fourth-order valence-electron chi connectivity index (χ4n) is 4.60. The van der Waals surface area contributed by atoms with Crippen molar-refractivity contribution >= 4 is 11.6 Å². The molecule has 1 aromatic carbocycles. The number of hydrogen-bond acceptors (Lipinski definition) is 6. The molecule has 2 aliphatic heterocycles. The van der Waals surface area contributed by atoms with Crippen LogP contribution >= 0.6 is 11.6 Å². The van der Waals surface area contributed by atoms with Crippen LogP contribution in [0.15, 0.2) is 24.4 Å². The predicted molar refractivity (Wildman–Crippen MR) is 114 cm³/mol. The summed E-state index contributed by atoms with van der Waals surface area (Å²) in [6.45, 7) is 7.94. The molecule has 1 aromatic heterocycles. The molecule has 0 aliphatic carbocycles. The summed E-state index contributed by atoms with van der Waals surface area (Å²) in [5.41, 5.74) is 2.01. The highest BCUT2D eigenvalue weighted by molar-refractivity contribution is 6.30. The molecule has 3 heterocycles. The first-order valence-corrected chi connectivity index (χ1v) is 11.0. The Kier molecular flexibility index (Phi) is 5.94. The maximum Gasteiger partial charge on any atom is 0.102 e. The highest BCUT2D eigenvalue weighted by Gasteiger charge is 2.43. The van der Waals surface area contributed by atoms with E-state index in [1.165, 1.54) is 11.1 Å². The van der Waals surface area contributed by atoms with Crippen LogP contribution in [0.5, 0.6) is 0 Å². The minimum Gasteiger partial charge on any atom is -0.388 e. The number of aliphatic hydroxyl groups excluding tert-OH is 1. The second-order valence-corrected chi connectivity index (χ2v) is 9.71. The second kappa shape index (κ2) is 8.20. The molecule has 0 amide bonds. The summed E-state index contributed by atoms with van der Waals surface area (Å²) < 4.78 is 7.96. The standard InChI is InChI=1S/C22H31ClN4O3/c1-15-11-22(19-10-17(23)5-4-16(19)6-9-30-22)7-8-26(15)12-18-13-27(25-24-18)14-20(28)21(2,3)29/h4-5,10,13,15,20,28-29H,6-9,11-12,14H2,1-3H3/t15-,20?,22+/m0/s1. The van der Waals surface area contributed by atoms with Gasteiger partial charge in [0.2, 0.25) is 0 Å². The molecule has 1 unspecified atom stereocenters. The second-order valence-electron chi connectivity index (χ2n) is 9.27. The van der Waals surface area contributed by atoms with Gasteiger partial charge in [-0.15, -0.1) is 5.10 Å². The van der Waals surface area contributed by atoms with Crippen molar-refractivity contribution in [1.29, 1.82) is 0 Å². The number of piperidine rings is 1. The monoisotopic (exact) mass is 434 g/mol. The molecular weight excluding hydrogens is 404 g/mol. The Morgan fingerprint density at radius 2 is 2.20 bits per heavy atom. The lowest BCUT2D eigenvalue weighted by atomic mass is 9.77. The van der Waals surface area contributed by atoms with Crippen molar-refractivity contribution in [2.45, 2.75) is 76.5 Å². The third kappa shape index (κ3) is 4.41. The molecule has 1 fully saturated rings. The highest BCUT2D eigenvalue weighted by Crippen LogP contribution is 2.44. The number of nitrogens with zero attached hydrogens (tertiary/aromatic N) is 4. The van der Waals surface area contributed by atoms with Crippen molar-refractivity contribution in [3.05, 3.63) is 46.2 Å². The van der Waals surface area contributed by atoms with Gasteiger partial charge in [-0.2, -0.15) is 0 Å². The van der Waals surface area contributed by atoms with E-state index in [9.17, 15) is 10.2 Å². The highest BCUT2D eigenvalue weighted by atomic mass is 35.5. The summed E-state index contributed by atoms with van der Waals surface area (Å²) in [5, 5.41) is 29.1. The zero-order valence-electron chi connectivity index (χ0n) is 17.9. The van der Waals surface area contributed by atoms with Gasteiger partial charge in [-0.25, -0.2) is 4.68 Å². The Balaban J connectivity index is 1.43. The number of halogens is 1. The van der Waals surface area contributed by atoms with Gasteiger partial charge in [0.25, 0.3) is 0 Å². The normalized spacial score (nSPS) is 26.0. The first-order chi connectivity index (χ1) is 14.2. The fourth-order valence-corrected chi connectivity index (χ4v) is 4.77. The summed E-state index contributed by atoms with van der Waals surface area (Å²) >= 11 is 6.30. The van der Waals surface area contributed by atoms with Crippen molar-refractivity contribution in [2.75, 3.05) is 13.2 Å². The lowest BCUT2D eigenvalue weighted by molar-refractivity contribution is -0.113. The molecule has 0 saturated carbocycles. The summed E-state index contributed by atoms with van der Waals surface area (Å²) in [5.74, 6) is 0. The SMILES string of the molecule is C[C@H]1C[C@@]2(CCN1Cc1cn(CC(O)C(C)(C)O)nn1)OCCc1ccc(Cl)cc12. The van der Waals surface area contributed by atoms with Gasteiger partial charge in [-0.3, -0.25) is 4.90 Å². The van der Waals surface area contributed by atoms with Crippen LogP contribution < -0.4 is 0 Å². The zero-order valence-corrected chi connectivity index (χ0v) is 18.6. The van der Waals surface area contributed by atoms with Crippen LogP contribution in [-0.4, -0.2) is 61.0 Å². The van der Waals surface area contributed by atoms with Crippen LogP contribution in [0, 0.1) is 0 Å². The van der Waals surface area contributed by atoms with Gasteiger partial charge < -0.3 is 14.9 Å². The van der Waals surface area contributed by atoms with E-state index in [0.29, 0.717) is 12.6 Å². The van der Waals surface area contributed by atoms with Crippen LogP contribution in [0.25, 0.3) is 0 Å². The Bertz CT molecular complexity index is 897. The third-order valence-corrected chi connectivity index (χ3v) is 6.73. The Hall–Kier alpha value is -1.51. The van der Waals surface area contributed by atoms with Gasteiger partial charge in [0.1, 0.15) is 6.10 Å². The number of hydrogen-bond donors (Lipinski definition) is 2. The third-order valence-electron chi connectivity index (χ3n) is 6.49. The van der Waals surface area contributed by atoms with Gasteiger partial charge in [0, 0.05) is 30.4 Å². The minimum absolute atomic E-state index is 0.209. The summed E-state index contributed by atoms with van der Waals surface area (Å²) in [6.07, 6.45) is 3.70. The Morgan fingerprint density at radius 3 is 2.93 bits per heavy atom. The molecule has 1 spiro atoms. The van der Waals surface area contributed by atoms with Crippen LogP contribution in [0.1, 0.15) is 50.4 Å². The smallest absolute Gasteiger partial charge is 0.102 e. The molecule has 7 nitrogen and oxygen atoms in total. The van der Waals surface area contributed by atoms with Crippen molar-refractivity contribution < 1.29 is 14.9 Å². The molecule has 2 aromatic rings. The predicted octanol–water partition coefficient (Wildman–Crippen LogP) is 2.52. The van der Waals surface area contributed by atoms with E-state index in [0.717, 1.165) is 43.1 Å². The average Bonchev–Trinajstić information content (AvgIpc) is 3.11. The van der Waals surface area contributed by atoms with Gasteiger partial charge in [-0.05, 0) is 63.3 Å². The Morgan fingerprint density at radius 1 is 1.40 bits per heavy atom. The molecule has 0 radical (unpaired) electrons. The summed E-state index contributed by atoms with van der Waals surface area (Å²) in [7, 11) is 0. The van der Waals surface area contributed by atoms with Crippen molar-refractivity contribution in [1.82, 2.24) is 19.9 Å². The van der Waals surface area contributed by atoms with E-state index < -0.39 is 11.7 Å². The van der Waals surface area contributed by atoms with E-state index in [2.05, 4.69) is 34.3 Å². The molecule has 30 heavy (non-hydrogen) atoms. The van der Waals surface area contributed by atoms with Gasteiger partial charge in [-0.1, -0.05) is 22.9 Å². The topological polar surface area (TPSA) is 83.6 Å². The maximum absolute atomic E-state index is 10.1. The van der Waals surface area contributed by atoms with Crippen LogP contribution in [0.4, 0.5) is 0 Å². The number of fused-ring (bicyclic) bond motifs is 2. The molecule has 8 heteroatoms. The summed E-state index contributed by atoms with van der Waals surface area (Å²) in [4.78, 5) is 2.40. The minimum atomic E-state index is -1.18. The van der Waals surface area contributed by atoms with Crippen molar-refractivity contribution in [3.8, 4) is 0 Å². The largest absolute Gasteiger partial charge is 0.388 e. The fraction of sp³-hybridized carbons (Fsp3) is 0.636. The lowest BCUT2D eigenvalue weighted by Gasteiger charge is -2.48. The first kappa shape index (κ1) is 21.7. The van der Waals surface area contributed by atoms with Gasteiger partial charge >= 0.3 is 0 Å². The first-order valence-electron chi connectivity index (χ1n) is 10.6. The van der Waals surface area contributed by atoms with E-state index in [4.69, 9.17) is 16.3 Å². The van der Waals surface area contributed by atoms with E-state index in [-0.39, 0.29) is 12.1 Å². The molecule has 1 saturated heterocycles. The molecule has 164 valence electrons. The molecule has 4 rings (SSSR count). The number of rotatable bonds is 5. The zero-order chi connectivity index (χ0) is 21.5. The van der Waals surface area contributed by atoms with E-state index >= 15 is 0 Å². The maximum atomic E-state index is 10.1. The Labute approximate surface area is 182 Å². The quantitative estimate of drug-likeness (QED) is 0.752. The van der Waals surface area contributed by atoms with E-state index in [1.54, 1.807) is 18.5 Å². The summed E-state index contributed by atoms with van der Waals surface area (Å²) in [6, 6.07) is 6.50. The molecule has 2 aliphatic rings. The number of benzene rings is 1. The lowest BCUT2D eigenvalue weighted by Crippen LogP contribution is -2.50. The number of ether oxygens (including phenoxy) is 1. The van der Waals surface area contributed by atoms with Crippen LogP contribution in [0.3, 0.4) is 0 Å². The van der Waals surface area contributed by atoms with Crippen LogP contribution in [0.2, 0.25) is 5.02 Å². The average molecular weight is 435 g/mol. The molecule has 3 atom stereocenters. The van der Waals surface area contributed by atoms with Crippen molar-refractivity contribution in [2.24, 2.45) is 0 Å². The number of aliphatic hydroxyl groups is 2. The van der Waals surface area contributed by atoms with Crippen molar-refractivity contribution in [3.63, 3.8) is 0 Å².